The van der Waals surface area contributed by atoms with Crippen molar-refractivity contribution >= 4 is 11.9 Å². The van der Waals surface area contributed by atoms with Crippen LogP contribution in [0.15, 0.2) is 22.3 Å². The van der Waals surface area contributed by atoms with Crippen LogP contribution < -0.4 is 4.72 Å². The Hall–Kier alpha value is -0.490. The molecule has 0 bridgehead atoms. The molecular weight excluding hydrogens is 214 g/mol. The zero-order chi connectivity index (χ0) is 11.1. The molecular formula is C10H17NO3S. The predicted molar refractivity (Wildman–Crippen MR) is 60.9 cm³/mol. The van der Waals surface area contributed by atoms with E-state index in [4.69, 9.17) is 15.3 Å². The van der Waals surface area contributed by atoms with Crippen molar-refractivity contribution in [3.8, 4) is 0 Å². The molecule has 1 heterocycles. The van der Waals surface area contributed by atoms with Crippen LogP contribution in [0.5, 0.6) is 0 Å². The Labute approximate surface area is 93.8 Å². The van der Waals surface area contributed by atoms with Gasteiger partial charge in [-0.05, 0) is 41.3 Å². The fourth-order valence-electron chi connectivity index (χ4n) is 1.57. The van der Waals surface area contributed by atoms with E-state index in [0.717, 1.165) is 16.8 Å². The van der Waals surface area contributed by atoms with Crippen molar-refractivity contribution in [1.82, 2.24) is 4.72 Å². The molecule has 0 aromatic rings. The van der Waals surface area contributed by atoms with Crippen LogP contribution in [0.3, 0.4) is 0 Å². The predicted octanol–water partition coefficient (Wildman–Crippen LogP) is 0.523. The standard InChI is InChI=1S/C10H17NO3S/c12-4-1-8-7-15-11-10(3-6-14)9(8)2-5-13/h7,11-14H,1-6H2. The van der Waals surface area contributed by atoms with Gasteiger partial charge in [0.25, 0.3) is 0 Å². The lowest BCUT2D eigenvalue weighted by Gasteiger charge is -2.21. The van der Waals surface area contributed by atoms with Crippen LogP contribution in [-0.2, 0) is 0 Å². The van der Waals surface area contributed by atoms with E-state index < -0.39 is 0 Å². The minimum atomic E-state index is 0.0827. The molecule has 0 atom stereocenters. The quantitative estimate of drug-likeness (QED) is 0.502. The van der Waals surface area contributed by atoms with Gasteiger partial charge in [0.15, 0.2) is 0 Å². The monoisotopic (exact) mass is 231 g/mol. The molecule has 4 nitrogen and oxygen atoms in total. The largest absolute Gasteiger partial charge is 0.396 e. The molecule has 0 radical (unpaired) electrons. The molecule has 5 heteroatoms. The van der Waals surface area contributed by atoms with Gasteiger partial charge in [0.2, 0.25) is 0 Å². The molecule has 0 spiro atoms. The van der Waals surface area contributed by atoms with E-state index in [1.807, 2.05) is 5.41 Å². The van der Waals surface area contributed by atoms with Crippen LogP contribution >= 0.6 is 11.9 Å². The number of hydrogen-bond donors (Lipinski definition) is 4. The molecule has 0 saturated carbocycles. The third-order valence-corrected chi connectivity index (χ3v) is 3.01. The van der Waals surface area contributed by atoms with Crippen molar-refractivity contribution in [3.05, 3.63) is 22.3 Å². The van der Waals surface area contributed by atoms with Crippen molar-refractivity contribution in [2.24, 2.45) is 0 Å². The summed E-state index contributed by atoms with van der Waals surface area (Å²) in [6.07, 6.45) is 1.72. The Bertz CT molecular complexity index is 263. The smallest absolute Gasteiger partial charge is 0.0486 e. The van der Waals surface area contributed by atoms with E-state index in [1.165, 1.54) is 11.9 Å². The first-order valence-corrected chi connectivity index (χ1v) is 5.87. The first-order chi connectivity index (χ1) is 7.33. The summed E-state index contributed by atoms with van der Waals surface area (Å²) in [6.45, 7) is 0.275. The molecule has 15 heavy (non-hydrogen) atoms. The van der Waals surface area contributed by atoms with Gasteiger partial charge >= 0.3 is 0 Å². The normalized spacial score (nSPS) is 16.3. The maximum absolute atomic E-state index is 8.97. The second kappa shape index (κ2) is 6.90. The molecule has 0 amide bonds. The average molecular weight is 231 g/mol. The number of aliphatic hydroxyl groups excluding tert-OH is 3. The van der Waals surface area contributed by atoms with E-state index >= 15 is 0 Å². The summed E-state index contributed by atoms with van der Waals surface area (Å²) >= 11 is 1.45. The Morgan fingerprint density at radius 1 is 1.00 bits per heavy atom. The molecule has 1 aliphatic heterocycles. The van der Waals surface area contributed by atoms with Crippen LogP contribution in [-0.4, -0.2) is 35.1 Å². The number of rotatable bonds is 6. The van der Waals surface area contributed by atoms with Gasteiger partial charge in [-0.25, -0.2) is 0 Å². The van der Waals surface area contributed by atoms with Gasteiger partial charge in [-0.15, -0.1) is 0 Å². The molecule has 86 valence electrons. The summed E-state index contributed by atoms with van der Waals surface area (Å²) in [6, 6.07) is 0. The second-order valence-corrected chi connectivity index (χ2v) is 3.92. The SMILES string of the molecule is OCCC1=CSNC(CCO)=C1CCO. The van der Waals surface area contributed by atoms with Gasteiger partial charge in [-0.2, -0.15) is 0 Å². The summed E-state index contributed by atoms with van der Waals surface area (Å²) in [4.78, 5) is 0. The van der Waals surface area contributed by atoms with Gasteiger partial charge in [0.05, 0.1) is 0 Å². The molecule has 0 aromatic heterocycles. The third kappa shape index (κ3) is 3.53. The molecule has 0 saturated heterocycles. The highest BCUT2D eigenvalue weighted by molar-refractivity contribution is 8.00. The zero-order valence-electron chi connectivity index (χ0n) is 8.57. The lowest BCUT2D eigenvalue weighted by molar-refractivity contribution is 0.288. The van der Waals surface area contributed by atoms with Crippen molar-refractivity contribution in [2.45, 2.75) is 19.3 Å². The van der Waals surface area contributed by atoms with Crippen LogP contribution in [0.2, 0.25) is 0 Å². The third-order valence-electron chi connectivity index (χ3n) is 2.24. The van der Waals surface area contributed by atoms with Crippen molar-refractivity contribution in [1.29, 1.82) is 0 Å². The molecule has 0 unspecified atom stereocenters. The fraction of sp³-hybridized carbons (Fsp3) is 0.600. The minimum absolute atomic E-state index is 0.0827. The highest BCUT2D eigenvalue weighted by Crippen LogP contribution is 2.29. The van der Waals surface area contributed by atoms with Crippen molar-refractivity contribution in [2.75, 3.05) is 19.8 Å². The van der Waals surface area contributed by atoms with Crippen LogP contribution in [0.4, 0.5) is 0 Å². The van der Waals surface area contributed by atoms with E-state index in [2.05, 4.69) is 4.72 Å². The lowest BCUT2D eigenvalue weighted by Crippen LogP contribution is -2.15. The number of nitrogens with one attached hydrogen (secondary N) is 1. The second-order valence-electron chi connectivity index (χ2n) is 3.24. The summed E-state index contributed by atoms with van der Waals surface area (Å²) in [5.41, 5.74) is 3.04. The Morgan fingerprint density at radius 2 is 1.67 bits per heavy atom. The van der Waals surface area contributed by atoms with E-state index in [-0.39, 0.29) is 19.8 Å². The van der Waals surface area contributed by atoms with E-state index in [1.54, 1.807) is 0 Å². The summed E-state index contributed by atoms with van der Waals surface area (Å²) in [5.74, 6) is 0. The first kappa shape index (κ1) is 12.6. The van der Waals surface area contributed by atoms with E-state index in [0.29, 0.717) is 19.3 Å². The van der Waals surface area contributed by atoms with Gasteiger partial charge in [-0.1, -0.05) is 0 Å². The van der Waals surface area contributed by atoms with Crippen molar-refractivity contribution < 1.29 is 15.3 Å². The lowest BCUT2D eigenvalue weighted by atomic mass is 9.98. The van der Waals surface area contributed by atoms with Gasteiger partial charge in [0, 0.05) is 31.9 Å². The molecule has 1 aliphatic rings. The van der Waals surface area contributed by atoms with Crippen LogP contribution in [0, 0.1) is 0 Å². The molecule has 1 rings (SSSR count). The maximum atomic E-state index is 8.97. The van der Waals surface area contributed by atoms with Gasteiger partial charge in [0.1, 0.15) is 0 Å². The average Bonchev–Trinajstić information content (AvgIpc) is 2.23. The van der Waals surface area contributed by atoms with Crippen LogP contribution in [0.25, 0.3) is 0 Å². The Balaban J connectivity index is 2.81. The molecule has 0 aliphatic carbocycles. The van der Waals surface area contributed by atoms with Crippen LogP contribution in [0.1, 0.15) is 19.3 Å². The highest BCUT2D eigenvalue weighted by Gasteiger charge is 2.15. The van der Waals surface area contributed by atoms with Gasteiger partial charge < -0.3 is 20.0 Å². The highest BCUT2D eigenvalue weighted by atomic mass is 32.2. The molecule has 4 N–H and O–H groups in total. The summed E-state index contributed by atoms with van der Waals surface area (Å²) in [5, 5.41) is 28.7. The Morgan fingerprint density at radius 3 is 2.27 bits per heavy atom. The Kier molecular flexibility index (Phi) is 5.78. The topological polar surface area (TPSA) is 72.7 Å². The summed E-state index contributed by atoms with van der Waals surface area (Å²) in [7, 11) is 0. The molecule has 0 fully saturated rings. The fourth-order valence-corrected chi connectivity index (χ4v) is 2.39. The minimum Gasteiger partial charge on any atom is -0.396 e. The first-order valence-electron chi connectivity index (χ1n) is 4.99. The van der Waals surface area contributed by atoms with E-state index in [9.17, 15) is 0 Å². The molecule has 0 aromatic carbocycles. The number of aliphatic hydroxyl groups is 3. The zero-order valence-corrected chi connectivity index (χ0v) is 9.39. The van der Waals surface area contributed by atoms with Gasteiger partial charge in [-0.3, -0.25) is 0 Å². The summed E-state index contributed by atoms with van der Waals surface area (Å²) < 4.78 is 3.11. The number of hydrogen-bond acceptors (Lipinski definition) is 5. The van der Waals surface area contributed by atoms with Crippen molar-refractivity contribution in [3.63, 3.8) is 0 Å². The maximum Gasteiger partial charge on any atom is 0.0486 e.